The van der Waals surface area contributed by atoms with Crippen molar-refractivity contribution in [2.24, 2.45) is 0 Å². The van der Waals surface area contributed by atoms with E-state index in [1.165, 1.54) is 37.9 Å². The van der Waals surface area contributed by atoms with E-state index in [0.29, 0.717) is 0 Å². The second kappa shape index (κ2) is 10.5. The molecule has 0 aliphatic carbocycles. The third-order valence-electron chi connectivity index (χ3n) is 3.90. The summed E-state index contributed by atoms with van der Waals surface area (Å²) in [4.78, 5) is 0. The molecule has 0 aromatic heterocycles. The van der Waals surface area contributed by atoms with Crippen LogP contribution in [0.4, 0.5) is 0 Å². The summed E-state index contributed by atoms with van der Waals surface area (Å²) in [6.45, 7) is 14.2. The molecule has 0 spiro atoms. The Morgan fingerprint density at radius 1 is 0.400 bits per heavy atom. The van der Waals surface area contributed by atoms with E-state index in [2.05, 4.69) is 73.7 Å². The van der Waals surface area contributed by atoms with Gasteiger partial charge in [0.05, 0.1) is 0 Å². The molecule has 4 rings (SSSR count). The van der Waals surface area contributed by atoms with E-state index < -0.39 is 0 Å². The molecule has 0 saturated carbocycles. The van der Waals surface area contributed by atoms with Crippen LogP contribution >= 0.6 is 0 Å². The molecule has 0 saturated heterocycles. The van der Waals surface area contributed by atoms with Crippen molar-refractivity contribution in [1.29, 1.82) is 0 Å². The first-order chi connectivity index (χ1) is 12.3. The molecule has 0 bridgehead atoms. The van der Waals surface area contributed by atoms with Gasteiger partial charge >= 0.3 is 0 Å². The summed E-state index contributed by atoms with van der Waals surface area (Å²) in [6, 6.07) is 24.1. The maximum Gasteiger partial charge on any atom is -0.00963 e. The smallest absolute Gasteiger partial charge is 0.00963 e. The van der Waals surface area contributed by atoms with Crippen molar-refractivity contribution in [2.75, 3.05) is 0 Å². The molecule has 0 fully saturated rings. The van der Waals surface area contributed by atoms with E-state index in [1.807, 2.05) is 41.5 Å². The Balaban J connectivity index is 0.000000475. The van der Waals surface area contributed by atoms with Gasteiger partial charge in [-0.25, -0.2) is 0 Å². The van der Waals surface area contributed by atoms with E-state index >= 15 is 0 Å². The van der Waals surface area contributed by atoms with Crippen molar-refractivity contribution in [2.45, 2.75) is 48.5 Å². The van der Waals surface area contributed by atoms with Gasteiger partial charge in [0.15, 0.2) is 0 Å². The van der Waals surface area contributed by atoms with Crippen LogP contribution < -0.4 is 0 Å². The Morgan fingerprint density at radius 2 is 0.720 bits per heavy atom. The second-order valence-electron chi connectivity index (χ2n) is 5.14. The Bertz CT molecular complexity index is 881. The summed E-state index contributed by atoms with van der Waals surface area (Å²) in [7, 11) is 0. The van der Waals surface area contributed by atoms with Crippen LogP contribution in [0.1, 0.15) is 47.1 Å². The molecule has 0 radical (unpaired) electrons. The van der Waals surface area contributed by atoms with Gasteiger partial charge < -0.3 is 0 Å². The average Bonchev–Trinajstić information content (AvgIpc) is 2.72. The zero-order valence-electron chi connectivity index (χ0n) is 16.9. The van der Waals surface area contributed by atoms with Gasteiger partial charge in [0.25, 0.3) is 0 Å². The van der Waals surface area contributed by atoms with Crippen LogP contribution in [0.2, 0.25) is 0 Å². The van der Waals surface area contributed by atoms with Gasteiger partial charge in [-0.1, -0.05) is 114 Å². The lowest BCUT2D eigenvalue weighted by molar-refractivity contribution is 1.50. The van der Waals surface area contributed by atoms with E-state index in [4.69, 9.17) is 0 Å². The average molecular weight is 333 g/mol. The molecule has 0 N–H and O–H groups in total. The molecule has 0 aliphatic rings. The highest BCUT2D eigenvalue weighted by Gasteiger charge is 2.07. The van der Waals surface area contributed by atoms with Crippen LogP contribution in [-0.4, -0.2) is 0 Å². The van der Waals surface area contributed by atoms with E-state index in [9.17, 15) is 0 Å². The molecule has 0 unspecified atom stereocenters. The molecular formula is C25H32. The first kappa shape index (κ1) is 20.7. The number of aryl methyl sites for hydroxylation is 1. The van der Waals surface area contributed by atoms with Crippen molar-refractivity contribution in [3.8, 4) is 0 Å². The highest BCUT2D eigenvalue weighted by Crippen LogP contribution is 2.34. The second-order valence-corrected chi connectivity index (χ2v) is 5.14. The summed E-state index contributed by atoms with van der Waals surface area (Å²) < 4.78 is 0. The number of benzene rings is 4. The number of fused-ring (bicyclic) bond motifs is 6. The summed E-state index contributed by atoms with van der Waals surface area (Å²) >= 11 is 0. The Kier molecular flexibility index (Phi) is 8.70. The van der Waals surface area contributed by atoms with Gasteiger partial charge in [-0.15, -0.1) is 0 Å². The minimum absolute atomic E-state index is 1.31. The third kappa shape index (κ3) is 4.20. The van der Waals surface area contributed by atoms with Gasteiger partial charge in [-0.05, 0) is 39.2 Å². The summed E-state index contributed by atoms with van der Waals surface area (Å²) in [5.41, 5.74) is 1.31. The van der Waals surface area contributed by atoms with Crippen molar-refractivity contribution in [3.05, 3.63) is 72.3 Å². The van der Waals surface area contributed by atoms with Crippen LogP contribution in [-0.2, 0) is 0 Å². The van der Waals surface area contributed by atoms with Crippen LogP contribution in [0.5, 0.6) is 0 Å². The van der Waals surface area contributed by atoms with Gasteiger partial charge in [-0.2, -0.15) is 0 Å². The van der Waals surface area contributed by atoms with Gasteiger partial charge in [0.1, 0.15) is 0 Å². The molecular weight excluding hydrogens is 300 g/mol. The fourth-order valence-corrected chi connectivity index (χ4v) is 3.02. The van der Waals surface area contributed by atoms with E-state index in [1.54, 1.807) is 0 Å². The number of rotatable bonds is 0. The van der Waals surface area contributed by atoms with E-state index in [-0.39, 0.29) is 0 Å². The van der Waals surface area contributed by atoms with Crippen LogP contribution in [0, 0.1) is 6.92 Å². The molecule has 4 aromatic carbocycles. The SMILES string of the molecule is CC.CC.CC.Cc1ccc2c3ccccc3c3ccccc3c2c1. The lowest BCUT2D eigenvalue weighted by Crippen LogP contribution is -1.83. The minimum Gasteiger partial charge on any atom is -0.0683 e. The minimum atomic E-state index is 1.31. The number of hydrogen-bond acceptors (Lipinski definition) is 0. The molecule has 0 heterocycles. The Morgan fingerprint density at radius 3 is 1.12 bits per heavy atom. The van der Waals surface area contributed by atoms with Crippen molar-refractivity contribution < 1.29 is 0 Å². The molecule has 132 valence electrons. The summed E-state index contributed by atoms with van der Waals surface area (Å²) in [6.07, 6.45) is 0. The van der Waals surface area contributed by atoms with Gasteiger partial charge in [-0.3, -0.25) is 0 Å². The maximum absolute atomic E-state index is 2.30. The first-order valence-electron chi connectivity index (χ1n) is 9.64. The predicted octanol–water partition coefficient (Wildman–Crippen LogP) is 8.53. The normalized spacial score (nSPS) is 9.40. The van der Waals surface area contributed by atoms with Gasteiger partial charge in [0, 0.05) is 0 Å². The maximum atomic E-state index is 2.30. The van der Waals surface area contributed by atoms with Crippen LogP contribution in [0.3, 0.4) is 0 Å². The predicted molar refractivity (Wildman–Crippen MR) is 118 cm³/mol. The Labute approximate surface area is 153 Å². The van der Waals surface area contributed by atoms with Crippen molar-refractivity contribution in [3.63, 3.8) is 0 Å². The van der Waals surface area contributed by atoms with Crippen molar-refractivity contribution in [1.82, 2.24) is 0 Å². The lowest BCUT2D eigenvalue weighted by atomic mass is 9.93. The first-order valence-corrected chi connectivity index (χ1v) is 9.64. The molecule has 0 aliphatic heterocycles. The molecule has 4 aromatic rings. The third-order valence-corrected chi connectivity index (χ3v) is 3.90. The van der Waals surface area contributed by atoms with Crippen LogP contribution in [0.25, 0.3) is 32.3 Å². The lowest BCUT2D eigenvalue weighted by Gasteiger charge is -2.10. The fraction of sp³-hybridized carbons (Fsp3) is 0.280. The Hall–Kier alpha value is -2.34. The highest BCUT2D eigenvalue weighted by atomic mass is 14.1. The zero-order valence-corrected chi connectivity index (χ0v) is 16.9. The topological polar surface area (TPSA) is 0 Å². The quantitative estimate of drug-likeness (QED) is 0.283. The molecule has 0 amide bonds. The largest absolute Gasteiger partial charge is 0.0683 e. The standard InChI is InChI=1S/C19H14.3C2H6/c1-13-10-11-18-16-8-3-2-6-14(16)15-7-4-5-9-17(15)19(18)12-13;3*1-2/h2-12H,1H3;3*1-2H3. The van der Waals surface area contributed by atoms with Crippen molar-refractivity contribution >= 4 is 32.3 Å². The number of hydrogen-bond donors (Lipinski definition) is 0. The van der Waals surface area contributed by atoms with E-state index in [0.717, 1.165) is 0 Å². The molecule has 0 heteroatoms. The fourth-order valence-electron chi connectivity index (χ4n) is 3.02. The molecule has 25 heavy (non-hydrogen) atoms. The van der Waals surface area contributed by atoms with Gasteiger partial charge in [0.2, 0.25) is 0 Å². The van der Waals surface area contributed by atoms with Crippen LogP contribution in [0.15, 0.2) is 66.7 Å². The summed E-state index contributed by atoms with van der Waals surface area (Å²) in [5, 5.41) is 8.08. The highest BCUT2D eigenvalue weighted by molar-refractivity contribution is 6.25. The molecule has 0 nitrogen and oxygen atoms in total. The summed E-state index contributed by atoms with van der Waals surface area (Å²) in [5.74, 6) is 0. The zero-order chi connectivity index (χ0) is 18.8. The monoisotopic (exact) mass is 332 g/mol. The molecule has 0 atom stereocenters.